The second kappa shape index (κ2) is 8.05. The third kappa shape index (κ3) is 3.30. The molecule has 130 valence electrons. The molecule has 0 saturated heterocycles. The van der Waals surface area contributed by atoms with Gasteiger partial charge in [0, 0.05) is 24.2 Å². The topological polar surface area (TPSA) is 75.2 Å². The van der Waals surface area contributed by atoms with Gasteiger partial charge in [-0.3, -0.25) is 19.5 Å². The van der Waals surface area contributed by atoms with Gasteiger partial charge < -0.3 is 5.32 Å². The number of anilines is 3. The van der Waals surface area contributed by atoms with Crippen LogP contribution < -0.4 is 10.2 Å². The van der Waals surface area contributed by atoms with E-state index in [9.17, 15) is 9.59 Å². The fourth-order valence-electron chi connectivity index (χ4n) is 2.67. The van der Waals surface area contributed by atoms with Gasteiger partial charge in [-0.1, -0.05) is 34.7 Å². The van der Waals surface area contributed by atoms with Crippen molar-refractivity contribution in [3.05, 3.63) is 78.2 Å². The molecule has 26 heavy (non-hydrogen) atoms. The molecule has 1 N–H and O–H groups in total. The van der Waals surface area contributed by atoms with E-state index in [1.165, 1.54) is 4.90 Å². The molecule has 1 aliphatic rings. The van der Waals surface area contributed by atoms with E-state index < -0.39 is 0 Å². The lowest BCUT2D eigenvalue weighted by molar-refractivity contribution is 0.0998. The normalized spacial score (nSPS) is 11.9. The predicted octanol–water partition coefficient (Wildman–Crippen LogP) is 4.07. The third-order valence-corrected chi connectivity index (χ3v) is 3.77. The summed E-state index contributed by atoms with van der Waals surface area (Å²) >= 11 is 2.15. The van der Waals surface area contributed by atoms with Crippen LogP contribution in [-0.4, -0.2) is 26.7 Å². The van der Waals surface area contributed by atoms with Crippen molar-refractivity contribution in [1.29, 1.82) is 0 Å². The lowest BCUT2D eigenvalue weighted by Gasteiger charge is -2.22. The number of carbonyl (C=O) groups excluding carboxylic acids is 2. The number of amides is 2. The molecule has 6 nitrogen and oxygen atoms in total. The molecule has 0 fully saturated rings. The van der Waals surface area contributed by atoms with Crippen molar-refractivity contribution in [3.8, 4) is 0 Å². The first-order valence-corrected chi connectivity index (χ1v) is 9.89. The highest BCUT2D eigenvalue weighted by molar-refractivity contribution is 14.1. The number of aromatic nitrogens is 2. The van der Waals surface area contributed by atoms with Gasteiger partial charge in [0.05, 0.1) is 16.9 Å². The number of halogens is 1. The average molecular weight is 458 g/mol. The van der Waals surface area contributed by atoms with Crippen molar-refractivity contribution in [3.63, 3.8) is 0 Å². The lowest BCUT2D eigenvalue weighted by Crippen LogP contribution is -2.27. The summed E-state index contributed by atoms with van der Waals surface area (Å²) in [5, 5.41) is 2.81. The van der Waals surface area contributed by atoms with E-state index in [2.05, 4.69) is 37.9 Å². The molecule has 1 aromatic carbocycles. The first-order valence-electron chi connectivity index (χ1n) is 7.73. The standard InChI is InChI=1S/C18H12N4O2.CH3I/c23-17-13-4-1-2-6-15(13)22(16-14(21-17)5-3-9-20-16)18(24)12-7-10-19-11-8-12;1-2/h1-11H,(H,21,23);1H3. The number of rotatable bonds is 1. The van der Waals surface area contributed by atoms with Crippen LogP contribution in [0.4, 0.5) is 17.2 Å². The highest BCUT2D eigenvalue weighted by Crippen LogP contribution is 2.36. The zero-order chi connectivity index (χ0) is 18.5. The zero-order valence-electron chi connectivity index (χ0n) is 13.9. The molecule has 0 spiro atoms. The highest BCUT2D eigenvalue weighted by Gasteiger charge is 2.30. The molecule has 2 aromatic heterocycles. The van der Waals surface area contributed by atoms with E-state index in [0.717, 1.165) is 0 Å². The zero-order valence-corrected chi connectivity index (χ0v) is 16.0. The van der Waals surface area contributed by atoms with Crippen LogP contribution in [-0.2, 0) is 0 Å². The Kier molecular flexibility index (Phi) is 5.57. The SMILES string of the molecule is CI.O=C1Nc2cccnc2N(C(=O)c2ccncc2)c2ccccc21. The lowest BCUT2D eigenvalue weighted by atomic mass is 10.1. The summed E-state index contributed by atoms with van der Waals surface area (Å²) in [7, 11) is 0. The number of para-hydroxylation sites is 1. The van der Waals surface area contributed by atoms with Crippen LogP contribution >= 0.6 is 22.6 Å². The number of hydrogen-bond acceptors (Lipinski definition) is 4. The summed E-state index contributed by atoms with van der Waals surface area (Å²) in [6.07, 6.45) is 4.70. The van der Waals surface area contributed by atoms with Crippen LogP contribution in [0.25, 0.3) is 0 Å². The Morgan fingerprint density at radius 1 is 1.00 bits per heavy atom. The van der Waals surface area contributed by atoms with Crippen molar-refractivity contribution in [1.82, 2.24) is 9.97 Å². The molecule has 3 aromatic rings. The number of nitrogens with one attached hydrogen (secondary N) is 1. The van der Waals surface area contributed by atoms with Crippen LogP contribution in [0, 0.1) is 0 Å². The number of pyridine rings is 2. The minimum Gasteiger partial charge on any atom is -0.319 e. The Bertz CT molecular complexity index is 947. The van der Waals surface area contributed by atoms with E-state index in [4.69, 9.17) is 0 Å². The number of fused-ring (bicyclic) bond motifs is 2. The van der Waals surface area contributed by atoms with Crippen molar-refractivity contribution < 1.29 is 9.59 Å². The van der Waals surface area contributed by atoms with E-state index in [0.29, 0.717) is 28.3 Å². The molecule has 0 radical (unpaired) electrons. The van der Waals surface area contributed by atoms with Gasteiger partial charge in [-0.15, -0.1) is 0 Å². The summed E-state index contributed by atoms with van der Waals surface area (Å²) < 4.78 is 0. The van der Waals surface area contributed by atoms with E-state index >= 15 is 0 Å². The molecule has 2 amide bonds. The van der Waals surface area contributed by atoms with Gasteiger partial charge in [-0.2, -0.15) is 0 Å². The second-order valence-corrected chi connectivity index (χ2v) is 5.22. The number of hydrogen-bond donors (Lipinski definition) is 1. The summed E-state index contributed by atoms with van der Waals surface area (Å²) in [5.74, 6) is -0.163. The Labute approximate surface area is 164 Å². The Balaban J connectivity index is 0.000000948. The van der Waals surface area contributed by atoms with E-state index in [1.54, 1.807) is 67.1 Å². The van der Waals surface area contributed by atoms with Gasteiger partial charge in [0.15, 0.2) is 5.82 Å². The van der Waals surface area contributed by atoms with Gasteiger partial charge in [0.25, 0.3) is 11.8 Å². The van der Waals surface area contributed by atoms with Gasteiger partial charge in [-0.25, -0.2) is 4.98 Å². The molecular formula is C19H15IN4O2. The van der Waals surface area contributed by atoms with Gasteiger partial charge in [0.2, 0.25) is 0 Å². The van der Waals surface area contributed by atoms with Crippen LogP contribution in [0.5, 0.6) is 0 Å². The fourth-order valence-corrected chi connectivity index (χ4v) is 2.67. The van der Waals surface area contributed by atoms with Crippen molar-refractivity contribution in [2.75, 3.05) is 15.1 Å². The molecule has 7 heteroatoms. The molecule has 3 heterocycles. The molecule has 4 rings (SSSR count). The minimum atomic E-state index is -0.277. The monoisotopic (exact) mass is 458 g/mol. The first-order chi connectivity index (χ1) is 12.8. The summed E-state index contributed by atoms with van der Waals surface area (Å²) in [6, 6.07) is 13.7. The Morgan fingerprint density at radius 2 is 1.73 bits per heavy atom. The second-order valence-electron chi connectivity index (χ2n) is 5.22. The van der Waals surface area contributed by atoms with Gasteiger partial charge >= 0.3 is 0 Å². The molecular weight excluding hydrogens is 443 g/mol. The molecule has 0 aliphatic carbocycles. The minimum absolute atomic E-state index is 0.273. The number of nitrogens with zero attached hydrogens (tertiary/aromatic N) is 3. The van der Waals surface area contributed by atoms with Crippen LogP contribution in [0.2, 0.25) is 0 Å². The van der Waals surface area contributed by atoms with E-state index in [1.807, 2.05) is 4.93 Å². The average Bonchev–Trinajstić information content (AvgIpc) is 2.84. The van der Waals surface area contributed by atoms with Crippen LogP contribution in [0.15, 0.2) is 67.1 Å². The number of carbonyl (C=O) groups is 2. The van der Waals surface area contributed by atoms with Gasteiger partial charge in [0.1, 0.15) is 0 Å². The largest absolute Gasteiger partial charge is 0.319 e. The Hall–Kier alpha value is -2.81. The number of benzene rings is 1. The van der Waals surface area contributed by atoms with Crippen LogP contribution in [0.1, 0.15) is 20.7 Å². The predicted molar refractivity (Wildman–Crippen MR) is 109 cm³/mol. The fraction of sp³-hybridized carbons (Fsp3) is 0.0526. The molecule has 0 atom stereocenters. The van der Waals surface area contributed by atoms with Crippen molar-refractivity contribution >= 4 is 51.6 Å². The Morgan fingerprint density at radius 3 is 2.50 bits per heavy atom. The molecule has 0 unspecified atom stereocenters. The number of alkyl halides is 1. The van der Waals surface area contributed by atoms with Crippen molar-refractivity contribution in [2.45, 2.75) is 0 Å². The van der Waals surface area contributed by atoms with Crippen LogP contribution in [0.3, 0.4) is 0 Å². The molecule has 0 bridgehead atoms. The molecule has 0 saturated carbocycles. The summed E-state index contributed by atoms with van der Waals surface area (Å²) in [5.41, 5.74) is 1.86. The maximum Gasteiger partial charge on any atom is 0.264 e. The summed E-state index contributed by atoms with van der Waals surface area (Å²) in [6.45, 7) is 0. The quantitative estimate of drug-likeness (QED) is 0.441. The smallest absolute Gasteiger partial charge is 0.264 e. The maximum absolute atomic E-state index is 13.1. The third-order valence-electron chi connectivity index (χ3n) is 3.77. The molecule has 1 aliphatic heterocycles. The van der Waals surface area contributed by atoms with Crippen molar-refractivity contribution in [2.24, 2.45) is 0 Å². The maximum atomic E-state index is 13.1. The highest BCUT2D eigenvalue weighted by atomic mass is 127. The first kappa shape index (κ1) is 18.0. The summed E-state index contributed by atoms with van der Waals surface area (Å²) in [4.78, 5) is 37.3. The van der Waals surface area contributed by atoms with Gasteiger partial charge in [-0.05, 0) is 41.3 Å². The van der Waals surface area contributed by atoms with E-state index in [-0.39, 0.29) is 11.8 Å².